The Labute approximate surface area is 143 Å². The van der Waals surface area contributed by atoms with Crippen LogP contribution >= 0.6 is 0 Å². The molecule has 1 aliphatic rings. The first-order valence-corrected chi connectivity index (χ1v) is 8.15. The Balaban J connectivity index is 1.67. The molecule has 0 N–H and O–H groups in total. The Morgan fingerprint density at radius 1 is 1.04 bits per heavy atom. The fourth-order valence-electron chi connectivity index (χ4n) is 3.23. The summed E-state index contributed by atoms with van der Waals surface area (Å²) < 4.78 is 10.8. The third-order valence-corrected chi connectivity index (χ3v) is 4.62. The normalized spacial score (nSPS) is 18.8. The first-order valence-electron chi connectivity index (χ1n) is 8.15. The van der Waals surface area contributed by atoms with Gasteiger partial charge in [0, 0.05) is 25.1 Å². The molecular weight excluding hydrogens is 302 g/mol. The number of carbonyl (C=O) groups is 1. The summed E-state index contributed by atoms with van der Waals surface area (Å²) in [4.78, 5) is 14.5. The lowest BCUT2D eigenvalue weighted by atomic mass is 10.1. The molecule has 24 heavy (non-hydrogen) atoms. The van der Waals surface area contributed by atoms with Crippen LogP contribution in [-0.2, 0) is 11.3 Å². The lowest BCUT2D eigenvalue weighted by Crippen LogP contribution is -2.28. The zero-order valence-corrected chi connectivity index (χ0v) is 14.4. The molecule has 0 saturated heterocycles. The third-order valence-electron chi connectivity index (χ3n) is 4.62. The predicted molar refractivity (Wildman–Crippen MR) is 93.3 cm³/mol. The number of methoxy groups -OCH3 is 2. The van der Waals surface area contributed by atoms with E-state index in [-0.39, 0.29) is 17.7 Å². The molecule has 1 fully saturated rings. The second kappa shape index (κ2) is 6.95. The van der Waals surface area contributed by atoms with Gasteiger partial charge in [-0.15, -0.1) is 0 Å². The van der Waals surface area contributed by atoms with Crippen LogP contribution in [0.2, 0.25) is 0 Å². The number of carbonyl (C=O) groups excluding carboxylic acids is 1. The zero-order valence-electron chi connectivity index (χ0n) is 14.4. The van der Waals surface area contributed by atoms with E-state index in [2.05, 4.69) is 6.07 Å². The van der Waals surface area contributed by atoms with Crippen LogP contribution in [0.5, 0.6) is 11.5 Å². The molecule has 4 nitrogen and oxygen atoms in total. The lowest BCUT2D eigenvalue weighted by molar-refractivity contribution is -0.131. The standard InChI is InChI=1S/C20H23NO3/c1-21(13-14-8-4-6-10-18(14)23-2)20(22)17-12-16(17)15-9-5-7-11-19(15)24-3/h4-11,16-17H,12-13H2,1-3H3. The lowest BCUT2D eigenvalue weighted by Gasteiger charge is -2.19. The van der Waals surface area contributed by atoms with Crippen LogP contribution in [0.4, 0.5) is 0 Å². The molecule has 2 unspecified atom stereocenters. The van der Waals surface area contributed by atoms with Crippen molar-refractivity contribution in [1.29, 1.82) is 0 Å². The summed E-state index contributed by atoms with van der Waals surface area (Å²) in [5.41, 5.74) is 2.15. The Morgan fingerprint density at radius 3 is 2.38 bits per heavy atom. The number of ether oxygens (including phenoxy) is 2. The summed E-state index contributed by atoms with van der Waals surface area (Å²) in [6, 6.07) is 15.8. The first-order chi connectivity index (χ1) is 11.7. The number of amides is 1. The molecule has 0 aromatic heterocycles. The van der Waals surface area contributed by atoms with Crippen LogP contribution in [0.15, 0.2) is 48.5 Å². The summed E-state index contributed by atoms with van der Waals surface area (Å²) in [6.07, 6.45) is 0.884. The molecule has 2 atom stereocenters. The minimum absolute atomic E-state index is 0.0426. The number of hydrogen-bond acceptors (Lipinski definition) is 3. The van der Waals surface area contributed by atoms with E-state index in [1.807, 2.05) is 49.5 Å². The van der Waals surface area contributed by atoms with E-state index in [9.17, 15) is 4.79 Å². The minimum atomic E-state index is 0.0426. The van der Waals surface area contributed by atoms with Gasteiger partial charge in [-0.3, -0.25) is 4.79 Å². The van der Waals surface area contributed by atoms with Gasteiger partial charge >= 0.3 is 0 Å². The zero-order chi connectivity index (χ0) is 17.1. The van der Waals surface area contributed by atoms with Crippen molar-refractivity contribution < 1.29 is 14.3 Å². The van der Waals surface area contributed by atoms with E-state index in [4.69, 9.17) is 9.47 Å². The molecule has 0 aliphatic heterocycles. The molecular formula is C20H23NO3. The molecule has 0 heterocycles. The predicted octanol–water partition coefficient (Wildman–Crippen LogP) is 3.47. The van der Waals surface area contributed by atoms with E-state index >= 15 is 0 Å². The molecule has 1 amide bonds. The molecule has 126 valence electrons. The second-order valence-corrected chi connectivity index (χ2v) is 6.20. The summed E-state index contributed by atoms with van der Waals surface area (Å²) in [7, 11) is 5.18. The highest BCUT2D eigenvalue weighted by Gasteiger charge is 2.46. The fraction of sp³-hybridized carbons (Fsp3) is 0.350. The molecule has 1 saturated carbocycles. The molecule has 2 aromatic rings. The van der Waals surface area contributed by atoms with Crippen molar-refractivity contribution in [1.82, 2.24) is 4.90 Å². The van der Waals surface area contributed by atoms with Crippen molar-refractivity contribution >= 4 is 5.91 Å². The summed E-state index contributed by atoms with van der Waals surface area (Å²) in [6.45, 7) is 0.554. The van der Waals surface area contributed by atoms with Crippen molar-refractivity contribution in [3.05, 3.63) is 59.7 Å². The van der Waals surface area contributed by atoms with Crippen LogP contribution in [0.1, 0.15) is 23.5 Å². The van der Waals surface area contributed by atoms with Crippen molar-refractivity contribution in [3.8, 4) is 11.5 Å². The smallest absolute Gasteiger partial charge is 0.226 e. The highest BCUT2D eigenvalue weighted by molar-refractivity contribution is 5.83. The van der Waals surface area contributed by atoms with Gasteiger partial charge in [0.15, 0.2) is 0 Å². The Morgan fingerprint density at radius 2 is 1.67 bits per heavy atom. The molecule has 0 spiro atoms. The van der Waals surface area contributed by atoms with Gasteiger partial charge in [-0.2, -0.15) is 0 Å². The van der Waals surface area contributed by atoms with E-state index in [1.165, 1.54) is 0 Å². The maximum atomic E-state index is 12.7. The molecule has 0 bridgehead atoms. The van der Waals surface area contributed by atoms with Gasteiger partial charge in [0.05, 0.1) is 14.2 Å². The molecule has 4 heteroatoms. The van der Waals surface area contributed by atoms with Gasteiger partial charge in [-0.05, 0) is 30.0 Å². The highest BCUT2D eigenvalue weighted by atomic mass is 16.5. The van der Waals surface area contributed by atoms with Gasteiger partial charge in [0.1, 0.15) is 11.5 Å². The quantitative estimate of drug-likeness (QED) is 0.816. The van der Waals surface area contributed by atoms with Gasteiger partial charge < -0.3 is 14.4 Å². The van der Waals surface area contributed by atoms with E-state index < -0.39 is 0 Å². The number of para-hydroxylation sites is 2. The van der Waals surface area contributed by atoms with Crippen molar-refractivity contribution in [2.75, 3.05) is 21.3 Å². The maximum absolute atomic E-state index is 12.7. The summed E-state index contributed by atoms with van der Waals surface area (Å²) >= 11 is 0. The number of rotatable bonds is 6. The number of nitrogens with zero attached hydrogens (tertiary/aromatic N) is 1. The van der Waals surface area contributed by atoms with Crippen molar-refractivity contribution in [3.63, 3.8) is 0 Å². The van der Waals surface area contributed by atoms with Crippen LogP contribution in [0.25, 0.3) is 0 Å². The largest absolute Gasteiger partial charge is 0.496 e. The monoisotopic (exact) mass is 325 g/mol. The van der Waals surface area contributed by atoms with Gasteiger partial charge in [0.25, 0.3) is 0 Å². The minimum Gasteiger partial charge on any atom is -0.496 e. The SMILES string of the molecule is COc1ccccc1CN(C)C(=O)C1CC1c1ccccc1OC. The first kappa shape index (κ1) is 16.4. The molecule has 1 aliphatic carbocycles. The highest BCUT2D eigenvalue weighted by Crippen LogP contribution is 2.51. The van der Waals surface area contributed by atoms with Gasteiger partial charge in [-0.25, -0.2) is 0 Å². The van der Waals surface area contributed by atoms with Crippen LogP contribution in [-0.4, -0.2) is 32.1 Å². The van der Waals surface area contributed by atoms with Crippen molar-refractivity contribution in [2.24, 2.45) is 5.92 Å². The van der Waals surface area contributed by atoms with Gasteiger partial charge in [-0.1, -0.05) is 36.4 Å². The Bertz CT molecular complexity index is 724. The number of benzene rings is 2. The van der Waals surface area contributed by atoms with E-state index in [0.717, 1.165) is 29.0 Å². The average Bonchev–Trinajstić information content (AvgIpc) is 3.42. The Hall–Kier alpha value is -2.49. The van der Waals surface area contributed by atoms with E-state index in [1.54, 1.807) is 19.1 Å². The fourth-order valence-corrected chi connectivity index (χ4v) is 3.23. The van der Waals surface area contributed by atoms with Crippen LogP contribution < -0.4 is 9.47 Å². The molecule has 0 radical (unpaired) electrons. The third kappa shape index (κ3) is 3.23. The average molecular weight is 325 g/mol. The second-order valence-electron chi connectivity index (χ2n) is 6.20. The molecule has 2 aromatic carbocycles. The Kier molecular flexibility index (Phi) is 4.74. The topological polar surface area (TPSA) is 38.8 Å². The van der Waals surface area contributed by atoms with Gasteiger partial charge in [0.2, 0.25) is 5.91 Å². The number of hydrogen-bond donors (Lipinski definition) is 0. The van der Waals surface area contributed by atoms with E-state index in [0.29, 0.717) is 6.54 Å². The van der Waals surface area contributed by atoms with Crippen LogP contribution in [0, 0.1) is 5.92 Å². The summed E-state index contributed by atoms with van der Waals surface area (Å²) in [5, 5.41) is 0. The van der Waals surface area contributed by atoms with Crippen molar-refractivity contribution in [2.45, 2.75) is 18.9 Å². The van der Waals surface area contributed by atoms with Crippen LogP contribution in [0.3, 0.4) is 0 Å². The summed E-state index contributed by atoms with van der Waals surface area (Å²) in [5.74, 6) is 2.16. The maximum Gasteiger partial charge on any atom is 0.226 e. The molecule has 3 rings (SSSR count).